The van der Waals surface area contributed by atoms with E-state index in [0.717, 1.165) is 0 Å². The Balaban J connectivity index is 2.09. The maximum Gasteiger partial charge on any atom is 0.415 e. The van der Waals surface area contributed by atoms with E-state index < -0.39 is 19.3 Å². The van der Waals surface area contributed by atoms with Gasteiger partial charge in [-0.05, 0) is 35.8 Å². The number of nitrogens with one attached hydrogen (secondary N) is 1. The molecule has 1 aliphatic heterocycles. The van der Waals surface area contributed by atoms with E-state index in [9.17, 15) is 19.7 Å². The lowest BCUT2D eigenvalue weighted by Crippen LogP contribution is -2.44. The van der Waals surface area contributed by atoms with Crippen LogP contribution in [0.4, 0.5) is 10.5 Å². The molecule has 11 nitrogen and oxygen atoms in total. The summed E-state index contributed by atoms with van der Waals surface area (Å²) < 4.78 is 11.8. The highest BCUT2D eigenvalue weighted by Gasteiger charge is 2.43. The summed E-state index contributed by atoms with van der Waals surface area (Å²) in [5, 5.41) is 17.2. The fraction of sp³-hybridized carbons (Fsp3) is 0.571. The molecule has 1 unspecified atom stereocenters. The molecule has 2 rings (SSSR count). The first-order valence-corrected chi connectivity index (χ1v) is 13.5. The number of carbonyl (C=O) groups is 2. The zero-order valence-electron chi connectivity index (χ0n) is 19.9. The lowest BCUT2D eigenvalue weighted by molar-refractivity contribution is -0.384. The summed E-state index contributed by atoms with van der Waals surface area (Å²) in [5.41, 5.74) is 0.564. The minimum Gasteiger partial charge on any atom is -0.444 e. The number of nitro groups is 1. The Morgan fingerprint density at radius 3 is 2.45 bits per heavy atom. The van der Waals surface area contributed by atoms with E-state index in [-0.39, 0.29) is 42.5 Å². The van der Waals surface area contributed by atoms with Crippen molar-refractivity contribution in [3.63, 3.8) is 0 Å². The number of likely N-dealkylation sites (tertiary alicyclic amines) is 1. The van der Waals surface area contributed by atoms with E-state index in [0.29, 0.717) is 17.8 Å². The zero-order chi connectivity index (χ0) is 24.8. The quantitative estimate of drug-likeness (QED) is 0.342. The molecule has 33 heavy (non-hydrogen) atoms. The highest BCUT2D eigenvalue weighted by molar-refractivity contribution is 6.74. The summed E-state index contributed by atoms with van der Waals surface area (Å²) in [6.07, 6.45) is -0.579. The highest BCUT2D eigenvalue weighted by atomic mass is 28.4. The van der Waals surface area contributed by atoms with Gasteiger partial charge in [-0.3, -0.25) is 19.8 Å². The van der Waals surface area contributed by atoms with Crippen LogP contribution < -0.4 is 5.32 Å². The molecule has 0 aliphatic carbocycles. The molecule has 1 aromatic carbocycles. The van der Waals surface area contributed by atoms with E-state index in [1.807, 2.05) is 0 Å². The molecule has 1 atom stereocenters. The van der Waals surface area contributed by atoms with E-state index >= 15 is 0 Å². The molecule has 0 radical (unpaired) electrons. The van der Waals surface area contributed by atoms with Crippen molar-refractivity contribution in [1.82, 2.24) is 10.2 Å². The third kappa shape index (κ3) is 7.25. The van der Waals surface area contributed by atoms with Gasteiger partial charge < -0.3 is 19.3 Å². The summed E-state index contributed by atoms with van der Waals surface area (Å²) in [4.78, 5) is 41.0. The SMILES string of the molecule is CNC(=O)CO/N=C1\CC(O[Si](C)(C)C(C)(C)C)CN1C(=O)OCc1ccc([N+](=O)[O-])cc1. The molecule has 1 aromatic rings. The molecule has 0 bridgehead atoms. The monoisotopic (exact) mass is 480 g/mol. The van der Waals surface area contributed by atoms with Gasteiger partial charge in [0.2, 0.25) is 0 Å². The van der Waals surface area contributed by atoms with Crippen LogP contribution in [0, 0.1) is 10.1 Å². The molecular weight excluding hydrogens is 448 g/mol. The lowest BCUT2D eigenvalue weighted by Gasteiger charge is -2.38. The number of non-ortho nitro benzene ring substituents is 1. The number of benzene rings is 1. The number of oxime groups is 1. The van der Waals surface area contributed by atoms with E-state index in [2.05, 4.69) is 44.3 Å². The second-order valence-electron chi connectivity index (χ2n) is 9.25. The third-order valence-electron chi connectivity index (χ3n) is 5.75. The fourth-order valence-electron chi connectivity index (χ4n) is 2.80. The van der Waals surface area contributed by atoms with Crippen molar-refractivity contribution in [2.75, 3.05) is 20.2 Å². The maximum absolute atomic E-state index is 12.8. The van der Waals surface area contributed by atoms with E-state index in [4.69, 9.17) is 14.0 Å². The zero-order valence-corrected chi connectivity index (χ0v) is 20.9. The topological polar surface area (TPSA) is 133 Å². The minimum atomic E-state index is -2.10. The van der Waals surface area contributed by atoms with Crippen molar-refractivity contribution in [2.45, 2.75) is 58.0 Å². The molecule has 1 saturated heterocycles. The number of likely N-dealkylation sites (N-methyl/N-ethyl adjacent to an activating group) is 1. The standard InChI is InChI=1S/C21H32N4O7Si/c1-21(2,3)33(5,6)32-17-11-18(23-31-14-19(26)22-4)24(12-17)20(27)30-13-15-7-9-16(10-8-15)25(28)29/h7-10,17H,11-14H2,1-6H3,(H,22,26)/b23-18+. The molecular formula is C21H32N4O7Si. The Kier molecular flexibility index (Phi) is 8.55. The minimum absolute atomic E-state index is 0.0100. The molecule has 12 heteroatoms. The molecule has 0 saturated carbocycles. The smallest absolute Gasteiger partial charge is 0.415 e. The van der Waals surface area contributed by atoms with Gasteiger partial charge in [0.1, 0.15) is 6.61 Å². The lowest BCUT2D eigenvalue weighted by atomic mass is 10.2. The molecule has 2 amide bonds. The first kappa shape index (κ1) is 26.3. The first-order valence-electron chi connectivity index (χ1n) is 10.6. The number of rotatable bonds is 8. The van der Waals surface area contributed by atoms with Crippen molar-refractivity contribution in [3.8, 4) is 0 Å². The largest absolute Gasteiger partial charge is 0.444 e. The second kappa shape index (κ2) is 10.7. The first-order chi connectivity index (χ1) is 15.3. The summed E-state index contributed by atoms with van der Waals surface area (Å²) in [6.45, 7) is 10.5. The number of hydrogen-bond donors (Lipinski definition) is 1. The normalized spacial score (nSPS) is 17.7. The van der Waals surface area contributed by atoms with E-state index in [1.165, 1.54) is 36.2 Å². The van der Waals surface area contributed by atoms with Crippen LogP contribution in [-0.2, 0) is 25.4 Å². The van der Waals surface area contributed by atoms with Crippen molar-refractivity contribution in [2.24, 2.45) is 5.16 Å². The molecule has 1 fully saturated rings. The molecule has 1 heterocycles. The van der Waals surface area contributed by atoms with Crippen LogP contribution >= 0.6 is 0 Å². The van der Waals surface area contributed by atoms with Crippen LogP contribution in [-0.4, -0.2) is 62.3 Å². The molecule has 0 spiro atoms. The fourth-order valence-corrected chi connectivity index (χ4v) is 4.15. The molecule has 1 aliphatic rings. The average Bonchev–Trinajstić information content (AvgIpc) is 3.13. The van der Waals surface area contributed by atoms with Gasteiger partial charge in [-0.25, -0.2) is 4.79 Å². The van der Waals surface area contributed by atoms with Gasteiger partial charge in [0, 0.05) is 25.6 Å². The Morgan fingerprint density at radius 1 is 1.27 bits per heavy atom. The average molecular weight is 481 g/mol. The van der Waals surface area contributed by atoms with Gasteiger partial charge in [-0.15, -0.1) is 0 Å². The number of amides is 2. The van der Waals surface area contributed by atoms with Crippen molar-refractivity contribution >= 4 is 31.8 Å². The van der Waals surface area contributed by atoms with Gasteiger partial charge in [0.15, 0.2) is 20.8 Å². The number of amidine groups is 1. The van der Waals surface area contributed by atoms with E-state index in [1.54, 1.807) is 0 Å². The Bertz CT molecular complexity index is 897. The van der Waals surface area contributed by atoms with Crippen LogP contribution in [0.2, 0.25) is 18.1 Å². The summed E-state index contributed by atoms with van der Waals surface area (Å²) in [6, 6.07) is 5.75. The van der Waals surface area contributed by atoms with Gasteiger partial charge in [0.25, 0.3) is 11.6 Å². The summed E-state index contributed by atoms with van der Waals surface area (Å²) in [5.74, 6) is -0.0324. The maximum atomic E-state index is 12.8. The van der Waals surface area contributed by atoms with Gasteiger partial charge in [-0.2, -0.15) is 0 Å². The number of carbonyl (C=O) groups excluding carboxylic acids is 2. The molecule has 0 aromatic heterocycles. The van der Waals surface area contributed by atoms with Crippen molar-refractivity contribution < 1.29 is 28.5 Å². The Hall–Kier alpha value is -2.99. The van der Waals surface area contributed by atoms with Crippen LogP contribution in [0.5, 0.6) is 0 Å². The van der Waals surface area contributed by atoms with Crippen LogP contribution in [0.15, 0.2) is 29.4 Å². The van der Waals surface area contributed by atoms with Gasteiger partial charge in [-0.1, -0.05) is 25.9 Å². The summed E-state index contributed by atoms with van der Waals surface area (Å²) in [7, 11) is -0.613. The van der Waals surface area contributed by atoms with Crippen molar-refractivity contribution in [1.29, 1.82) is 0 Å². The molecule has 182 valence electrons. The number of nitrogens with zero attached hydrogens (tertiary/aromatic N) is 3. The number of hydrogen-bond acceptors (Lipinski definition) is 8. The summed E-state index contributed by atoms with van der Waals surface area (Å²) >= 11 is 0. The molecule has 1 N–H and O–H groups in total. The third-order valence-corrected chi connectivity index (χ3v) is 10.3. The Morgan fingerprint density at radius 2 is 1.91 bits per heavy atom. The number of ether oxygens (including phenoxy) is 1. The number of nitro benzene ring substituents is 1. The van der Waals surface area contributed by atoms with Crippen LogP contribution in [0.3, 0.4) is 0 Å². The van der Waals surface area contributed by atoms with Crippen molar-refractivity contribution in [3.05, 3.63) is 39.9 Å². The van der Waals surface area contributed by atoms with Gasteiger partial charge >= 0.3 is 6.09 Å². The second-order valence-corrected chi connectivity index (χ2v) is 14.0. The predicted octanol–water partition coefficient (Wildman–Crippen LogP) is 3.40. The predicted molar refractivity (Wildman–Crippen MR) is 124 cm³/mol. The highest BCUT2D eigenvalue weighted by Crippen LogP contribution is 2.38. The Labute approximate surface area is 194 Å². The van der Waals surface area contributed by atoms with Crippen LogP contribution in [0.1, 0.15) is 32.8 Å². The van der Waals surface area contributed by atoms with Crippen LogP contribution in [0.25, 0.3) is 0 Å². The van der Waals surface area contributed by atoms with Gasteiger partial charge in [0.05, 0.1) is 17.6 Å².